The van der Waals surface area contributed by atoms with Crippen molar-refractivity contribution in [2.45, 2.75) is 60.3 Å². The minimum absolute atomic E-state index is 0.111. The standard InChI is InChI=1S/C18H28O2/c1-11(19)20-10-12-6-7-15(2,3)17-9-13-8-14(17)18(12,17)16(13,4)5/h12-14H,6-10H2,1-5H3/t12?,13-,14?,17-,18?/m0/s1. The average Bonchev–Trinajstić information content (AvgIpc) is 2.60. The fraction of sp³-hybridized carbons (Fsp3) is 0.944. The van der Waals surface area contributed by atoms with Gasteiger partial charge < -0.3 is 4.74 Å². The van der Waals surface area contributed by atoms with Gasteiger partial charge in [-0.2, -0.15) is 0 Å². The van der Waals surface area contributed by atoms with Crippen LogP contribution in [-0.4, -0.2) is 12.6 Å². The average molecular weight is 276 g/mol. The number of hydrogen-bond acceptors (Lipinski definition) is 2. The highest BCUT2D eigenvalue weighted by molar-refractivity contribution is 5.66. The van der Waals surface area contributed by atoms with E-state index in [1.807, 2.05) is 0 Å². The van der Waals surface area contributed by atoms with Crippen LogP contribution in [0.25, 0.3) is 0 Å². The fourth-order valence-electron chi connectivity index (χ4n) is 7.91. The molecule has 5 fully saturated rings. The van der Waals surface area contributed by atoms with Gasteiger partial charge in [0, 0.05) is 12.8 Å². The molecular weight excluding hydrogens is 248 g/mol. The zero-order valence-corrected chi connectivity index (χ0v) is 13.6. The van der Waals surface area contributed by atoms with Crippen LogP contribution in [0, 0.1) is 39.4 Å². The van der Waals surface area contributed by atoms with Crippen molar-refractivity contribution in [1.29, 1.82) is 0 Å². The molecule has 0 aliphatic heterocycles. The Kier molecular flexibility index (Phi) is 2.16. The molecule has 5 rings (SSSR count). The Hall–Kier alpha value is -0.530. The maximum absolute atomic E-state index is 11.3. The number of carbonyl (C=O) groups excluding carboxylic acids is 1. The third kappa shape index (κ3) is 1.01. The third-order valence-electron chi connectivity index (χ3n) is 8.43. The normalized spacial score (nSPS) is 52.5. The van der Waals surface area contributed by atoms with E-state index in [4.69, 9.17) is 4.74 Å². The second kappa shape index (κ2) is 3.28. The van der Waals surface area contributed by atoms with Crippen molar-refractivity contribution in [3.63, 3.8) is 0 Å². The summed E-state index contributed by atoms with van der Waals surface area (Å²) in [4.78, 5) is 11.3. The fourth-order valence-corrected chi connectivity index (χ4v) is 7.91. The largest absolute Gasteiger partial charge is 0.466 e. The highest BCUT2D eigenvalue weighted by Gasteiger charge is 2.95. The molecular formula is C18H28O2. The van der Waals surface area contributed by atoms with E-state index < -0.39 is 0 Å². The van der Waals surface area contributed by atoms with Crippen molar-refractivity contribution in [1.82, 2.24) is 0 Å². The monoisotopic (exact) mass is 276 g/mol. The van der Waals surface area contributed by atoms with E-state index in [0.717, 1.165) is 11.8 Å². The molecule has 2 heteroatoms. The van der Waals surface area contributed by atoms with E-state index in [1.54, 1.807) is 6.92 Å². The van der Waals surface area contributed by atoms with Gasteiger partial charge >= 0.3 is 5.97 Å². The first-order valence-corrected chi connectivity index (χ1v) is 8.35. The van der Waals surface area contributed by atoms with Crippen LogP contribution in [0.1, 0.15) is 60.3 Å². The number of hydrogen-bond donors (Lipinski definition) is 0. The van der Waals surface area contributed by atoms with Crippen LogP contribution in [0.15, 0.2) is 0 Å². The van der Waals surface area contributed by atoms with Crippen LogP contribution in [0.3, 0.4) is 0 Å². The molecule has 0 heterocycles. The van der Waals surface area contributed by atoms with E-state index in [1.165, 1.54) is 25.7 Å². The second-order valence-electron chi connectivity index (χ2n) is 9.17. The van der Waals surface area contributed by atoms with Crippen LogP contribution in [0.4, 0.5) is 0 Å². The van der Waals surface area contributed by atoms with Gasteiger partial charge in [-0.25, -0.2) is 0 Å². The SMILES string of the molecule is CC(=O)OCC1CCC(C)(C)[C@]23C[C@@H]4CC2C13C4(C)C. The second-order valence-corrected chi connectivity index (χ2v) is 9.17. The summed E-state index contributed by atoms with van der Waals surface area (Å²) < 4.78 is 5.47. The van der Waals surface area contributed by atoms with Gasteiger partial charge in [-0.1, -0.05) is 27.7 Å². The van der Waals surface area contributed by atoms with E-state index in [2.05, 4.69) is 27.7 Å². The van der Waals surface area contributed by atoms with Crippen molar-refractivity contribution < 1.29 is 9.53 Å². The van der Waals surface area contributed by atoms with Gasteiger partial charge in [0.25, 0.3) is 0 Å². The Morgan fingerprint density at radius 3 is 2.55 bits per heavy atom. The minimum Gasteiger partial charge on any atom is -0.466 e. The van der Waals surface area contributed by atoms with Crippen molar-refractivity contribution >= 4 is 5.97 Å². The van der Waals surface area contributed by atoms with Gasteiger partial charge in [0.15, 0.2) is 0 Å². The molecule has 0 radical (unpaired) electrons. The van der Waals surface area contributed by atoms with E-state index in [-0.39, 0.29) is 5.97 Å². The summed E-state index contributed by atoms with van der Waals surface area (Å²) in [5, 5.41) is 0. The zero-order chi connectivity index (χ0) is 14.6. The van der Waals surface area contributed by atoms with Crippen LogP contribution in [0.5, 0.6) is 0 Å². The molecule has 5 aliphatic rings. The van der Waals surface area contributed by atoms with Crippen molar-refractivity contribution in [3.8, 4) is 0 Å². The number of esters is 1. The molecule has 0 aromatic rings. The lowest BCUT2D eigenvalue weighted by Gasteiger charge is -2.48. The molecule has 0 aromatic heterocycles. The van der Waals surface area contributed by atoms with Gasteiger partial charge in [0.05, 0.1) is 6.61 Å². The molecule has 5 saturated carbocycles. The van der Waals surface area contributed by atoms with Gasteiger partial charge in [-0.3, -0.25) is 4.79 Å². The quantitative estimate of drug-likeness (QED) is 0.712. The molecule has 5 atom stereocenters. The summed E-state index contributed by atoms with van der Waals surface area (Å²) in [6.45, 7) is 12.2. The van der Waals surface area contributed by atoms with E-state index in [0.29, 0.717) is 34.2 Å². The first-order valence-electron chi connectivity index (χ1n) is 8.35. The van der Waals surface area contributed by atoms with E-state index in [9.17, 15) is 4.79 Å². The minimum atomic E-state index is -0.111. The summed E-state index contributed by atoms with van der Waals surface area (Å²) in [6, 6.07) is 0. The first kappa shape index (κ1) is 13.2. The van der Waals surface area contributed by atoms with Gasteiger partial charge in [0.1, 0.15) is 0 Å². The Balaban J connectivity index is 1.75. The molecule has 2 spiro atoms. The van der Waals surface area contributed by atoms with E-state index >= 15 is 0 Å². The van der Waals surface area contributed by atoms with Gasteiger partial charge in [-0.05, 0) is 59.2 Å². The summed E-state index contributed by atoms with van der Waals surface area (Å²) in [7, 11) is 0. The molecule has 112 valence electrons. The van der Waals surface area contributed by atoms with Crippen LogP contribution in [0.2, 0.25) is 0 Å². The van der Waals surface area contributed by atoms with Gasteiger partial charge in [0.2, 0.25) is 0 Å². The Morgan fingerprint density at radius 1 is 1.25 bits per heavy atom. The molecule has 4 bridgehead atoms. The van der Waals surface area contributed by atoms with Crippen LogP contribution < -0.4 is 0 Å². The Bertz CT molecular complexity index is 492. The maximum Gasteiger partial charge on any atom is 0.302 e. The van der Waals surface area contributed by atoms with Crippen molar-refractivity contribution in [2.24, 2.45) is 39.4 Å². The van der Waals surface area contributed by atoms with Crippen molar-refractivity contribution in [3.05, 3.63) is 0 Å². The molecule has 20 heavy (non-hydrogen) atoms. The van der Waals surface area contributed by atoms with Crippen molar-refractivity contribution in [2.75, 3.05) is 6.61 Å². The molecule has 3 unspecified atom stereocenters. The Morgan fingerprint density at radius 2 is 1.95 bits per heavy atom. The number of rotatable bonds is 2. The lowest BCUT2D eigenvalue weighted by molar-refractivity contribution is -0.145. The number of ether oxygens (including phenoxy) is 1. The molecule has 0 saturated heterocycles. The third-order valence-corrected chi connectivity index (χ3v) is 8.43. The summed E-state index contributed by atoms with van der Waals surface area (Å²) in [5.74, 6) is 2.31. The Labute approximate surface area is 122 Å². The lowest BCUT2D eigenvalue weighted by atomic mass is 9.57. The number of carbonyl (C=O) groups is 1. The summed E-state index contributed by atoms with van der Waals surface area (Å²) >= 11 is 0. The predicted octanol–water partition coefficient (Wildman–Crippen LogP) is 4.04. The summed E-state index contributed by atoms with van der Waals surface area (Å²) in [5.41, 5.74) is 1.96. The highest BCUT2D eigenvalue weighted by atomic mass is 16.5. The lowest BCUT2D eigenvalue weighted by Crippen LogP contribution is -2.43. The maximum atomic E-state index is 11.3. The highest BCUT2D eigenvalue weighted by Crippen LogP contribution is 3.00. The topological polar surface area (TPSA) is 26.3 Å². The molecule has 0 amide bonds. The van der Waals surface area contributed by atoms with Crippen LogP contribution >= 0.6 is 0 Å². The summed E-state index contributed by atoms with van der Waals surface area (Å²) in [6.07, 6.45) is 5.43. The zero-order valence-electron chi connectivity index (χ0n) is 13.6. The molecule has 0 aromatic carbocycles. The smallest absolute Gasteiger partial charge is 0.302 e. The van der Waals surface area contributed by atoms with Gasteiger partial charge in [-0.15, -0.1) is 0 Å². The predicted molar refractivity (Wildman–Crippen MR) is 78.0 cm³/mol. The first-order chi connectivity index (χ1) is 9.22. The molecule has 2 nitrogen and oxygen atoms in total. The molecule has 5 aliphatic carbocycles. The molecule has 0 N–H and O–H groups in total. The van der Waals surface area contributed by atoms with Crippen LogP contribution in [-0.2, 0) is 9.53 Å².